The second-order valence-corrected chi connectivity index (χ2v) is 11.2. The largest absolute Gasteiger partial charge is 0.392 e. The number of allylic oxidation sites excluding steroid dienone is 3. The summed E-state index contributed by atoms with van der Waals surface area (Å²) in [5.74, 6) is -1.83. The molecule has 35 heavy (non-hydrogen) atoms. The molecule has 1 aliphatic heterocycles. The number of nitrogens with zero attached hydrogens (tertiary/aromatic N) is 2. The number of carbonyl (C=O) groups is 2. The standard InChI is InChI=1S/C28H42N2O5/c1-17(2)8-7-9-18(3)14-15-35-29-22-16-23(31)26(32)24-20(22)12-13-21-25(24)28(34)30(27(21)33)19-10-5-4-6-11-19/h8,14,19-21,23-26,31-32H,4-7,9-13,15-16H2,1-3H3/b18-14+,29-22+/t20-,21+,23+,24-,25+,26+/m0/s1. The highest BCUT2D eigenvalue weighted by Crippen LogP contribution is 2.50. The zero-order chi connectivity index (χ0) is 25.1. The fourth-order valence-corrected chi connectivity index (χ4v) is 6.69. The number of hydrogen-bond donors (Lipinski definition) is 2. The first-order valence-electron chi connectivity index (χ1n) is 13.5. The third kappa shape index (κ3) is 5.56. The van der Waals surface area contributed by atoms with Gasteiger partial charge >= 0.3 is 0 Å². The maximum absolute atomic E-state index is 13.6. The minimum atomic E-state index is -1.04. The molecule has 0 bridgehead atoms. The molecule has 0 aromatic rings. The maximum atomic E-state index is 13.6. The van der Waals surface area contributed by atoms with Gasteiger partial charge in [-0.3, -0.25) is 14.5 Å². The van der Waals surface area contributed by atoms with Crippen molar-refractivity contribution in [2.24, 2.45) is 28.8 Å². The lowest BCUT2D eigenvalue weighted by molar-refractivity contribution is -0.145. The minimum Gasteiger partial charge on any atom is -0.392 e. The number of carbonyl (C=O) groups excluding carboxylic acids is 2. The van der Waals surface area contributed by atoms with Gasteiger partial charge in [-0.2, -0.15) is 0 Å². The van der Waals surface area contributed by atoms with Gasteiger partial charge < -0.3 is 15.1 Å². The van der Waals surface area contributed by atoms with Crippen molar-refractivity contribution >= 4 is 17.5 Å². The van der Waals surface area contributed by atoms with E-state index in [2.05, 4.69) is 32.0 Å². The molecule has 194 valence electrons. The van der Waals surface area contributed by atoms with Crippen LogP contribution in [-0.4, -0.2) is 57.5 Å². The van der Waals surface area contributed by atoms with E-state index in [0.717, 1.165) is 44.9 Å². The number of aliphatic hydroxyl groups is 2. The Labute approximate surface area is 209 Å². The van der Waals surface area contributed by atoms with Gasteiger partial charge in [0.15, 0.2) is 0 Å². The molecule has 4 aliphatic rings. The van der Waals surface area contributed by atoms with Crippen molar-refractivity contribution in [2.45, 2.75) is 103 Å². The molecule has 4 fully saturated rings. The van der Waals surface area contributed by atoms with Gasteiger partial charge in [0.05, 0.1) is 29.8 Å². The molecular weight excluding hydrogens is 444 g/mol. The smallest absolute Gasteiger partial charge is 0.233 e. The van der Waals surface area contributed by atoms with E-state index in [9.17, 15) is 19.8 Å². The van der Waals surface area contributed by atoms with Crippen LogP contribution in [0.4, 0.5) is 0 Å². The Morgan fingerprint density at radius 3 is 2.43 bits per heavy atom. The average molecular weight is 487 g/mol. The zero-order valence-electron chi connectivity index (χ0n) is 21.5. The van der Waals surface area contributed by atoms with Crippen LogP contribution < -0.4 is 0 Å². The van der Waals surface area contributed by atoms with Gasteiger partial charge in [-0.1, -0.05) is 41.6 Å². The van der Waals surface area contributed by atoms with Crippen LogP contribution in [0.5, 0.6) is 0 Å². The predicted molar refractivity (Wildman–Crippen MR) is 134 cm³/mol. The molecule has 6 atom stereocenters. The fourth-order valence-electron chi connectivity index (χ4n) is 6.69. The number of oxime groups is 1. The highest BCUT2D eigenvalue weighted by molar-refractivity contribution is 6.06. The first-order valence-corrected chi connectivity index (χ1v) is 13.5. The summed E-state index contributed by atoms with van der Waals surface area (Å²) in [6.07, 6.45) is 10.7. The highest BCUT2D eigenvalue weighted by atomic mass is 16.6. The van der Waals surface area contributed by atoms with Crippen LogP contribution in [0.25, 0.3) is 0 Å². The third-order valence-electron chi connectivity index (χ3n) is 8.53. The quantitative estimate of drug-likeness (QED) is 0.244. The molecule has 0 radical (unpaired) electrons. The Balaban J connectivity index is 1.45. The zero-order valence-corrected chi connectivity index (χ0v) is 21.5. The van der Waals surface area contributed by atoms with Crippen molar-refractivity contribution in [3.05, 3.63) is 23.3 Å². The van der Waals surface area contributed by atoms with Crippen molar-refractivity contribution in [1.82, 2.24) is 4.90 Å². The molecule has 0 aromatic heterocycles. The van der Waals surface area contributed by atoms with Crippen LogP contribution >= 0.6 is 0 Å². The van der Waals surface area contributed by atoms with Crippen LogP contribution in [0.2, 0.25) is 0 Å². The summed E-state index contributed by atoms with van der Waals surface area (Å²) in [5.41, 5.74) is 3.25. The van der Waals surface area contributed by atoms with Gasteiger partial charge in [0, 0.05) is 24.3 Å². The molecule has 0 spiro atoms. The maximum Gasteiger partial charge on any atom is 0.233 e. The van der Waals surface area contributed by atoms with E-state index in [-0.39, 0.29) is 36.1 Å². The summed E-state index contributed by atoms with van der Waals surface area (Å²) < 4.78 is 0. The second-order valence-electron chi connectivity index (χ2n) is 11.2. The molecule has 2 amide bonds. The number of likely N-dealkylation sites (tertiary alicyclic amines) is 1. The van der Waals surface area contributed by atoms with E-state index in [0.29, 0.717) is 25.2 Å². The summed E-state index contributed by atoms with van der Waals surface area (Å²) in [6.45, 7) is 6.61. The van der Waals surface area contributed by atoms with Gasteiger partial charge in [0.2, 0.25) is 11.8 Å². The Morgan fingerprint density at radius 1 is 1.00 bits per heavy atom. The Hall–Kier alpha value is -1.99. The SMILES string of the molecule is CC(C)=CCC/C(C)=C/CO/N=C1\C[C@@H](O)[C@@H](O)[C@@H]2[C@@H]3C(=O)N(C4CCCCC4)C(=O)[C@@H]3CC[C@@H]12. The van der Waals surface area contributed by atoms with Gasteiger partial charge in [-0.05, 0) is 65.4 Å². The Morgan fingerprint density at radius 2 is 1.71 bits per heavy atom. The first-order chi connectivity index (χ1) is 16.8. The monoisotopic (exact) mass is 486 g/mol. The van der Waals surface area contributed by atoms with E-state index < -0.39 is 24.0 Å². The lowest BCUT2D eigenvalue weighted by atomic mass is 9.60. The summed E-state index contributed by atoms with van der Waals surface area (Å²) in [4.78, 5) is 34.0. The van der Waals surface area contributed by atoms with Crippen molar-refractivity contribution in [1.29, 1.82) is 0 Å². The minimum absolute atomic E-state index is 0.0123. The number of aliphatic hydroxyl groups excluding tert-OH is 2. The van der Waals surface area contributed by atoms with E-state index in [4.69, 9.17) is 4.84 Å². The molecule has 7 heteroatoms. The van der Waals surface area contributed by atoms with Crippen LogP contribution in [0.1, 0.15) is 85.0 Å². The Bertz CT molecular complexity index is 884. The summed E-state index contributed by atoms with van der Waals surface area (Å²) in [5, 5.41) is 26.0. The lowest BCUT2D eigenvalue weighted by Crippen LogP contribution is -2.54. The first kappa shape index (κ1) is 26.1. The number of amides is 2. The molecular formula is C28H42N2O5. The number of hydrogen-bond acceptors (Lipinski definition) is 6. The average Bonchev–Trinajstić information content (AvgIpc) is 3.09. The number of fused-ring (bicyclic) bond motifs is 3. The fraction of sp³-hybridized carbons (Fsp3) is 0.750. The van der Waals surface area contributed by atoms with Crippen LogP contribution in [-0.2, 0) is 14.4 Å². The summed E-state index contributed by atoms with van der Waals surface area (Å²) in [7, 11) is 0. The van der Waals surface area contributed by atoms with Crippen LogP contribution in [0, 0.1) is 23.7 Å². The topological polar surface area (TPSA) is 99.4 Å². The van der Waals surface area contributed by atoms with Gasteiger partial charge in [-0.25, -0.2) is 0 Å². The van der Waals surface area contributed by atoms with E-state index in [1.165, 1.54) is 16.0 Å². The van der Waals surface area contributed by atoms with Gasteiger partial charge in [0.25, 0.3) is 0 Å². The van der Waals surface area contributed by atoms with E-state index in [1.807, 2.05) is 6.08 Å². The van der Waals surface area contributed by atoms with Crippen molar-refractivity contribution in [3.8, 4) is 0 Å². The van der Waals surface area contributed by atoms with Crippen LogP contribution in [0.3, 0.4) is 0 Å². The molecule has 2 N–H and O–H groups in total. The molecule has 3 saturated carbocycles. The van der Waals surface area contributed by atoms with Crippen molar-refractivity contribution in [2.75, 3.05) is 6.61 Å². The molecule has 4 rings (SSSR count). The lowest BCUT2D eigenvalue weighted by Gasteiger charge is -2.45. The highest BCUT2D eigenvalue weighted by Gasteiger charge is 2.60. The normalized spacial score (nSPS) is 35.2. The molecule has 1 heterocycles. The van der Waals surface area contributed by atoms with E-state index in [1.54, 1.807) is 0 Å². The predicted octanol–water partition coefficient (Wildman–Crippen LogP) is 4.14. The molecule has 1 saturated heterocycles. The van der Waals surface area contributed by atoms with Gasteiger partial charge in [-0.15, -0.1) is 0 Å². The number of rotatable bonds is 7. The van der Waals surface area contributed by atoms with Gasteiger partial charge in [0.1, 0.15) is 6.61 Å². The number of imide groups is 1. The molecule has 3 aliphatic carbocycles. The molecule has 7 nitrogen and oxygen atoms in total. The van der Waals surface area contributed by atoms with Crippen molar-refractivity contribution in [3.63, 3.8) is 0 Å². The summed E-state index contributed by atoms with van der Waals surface area (Å²) in [6, 6.07) is -0.0123. The van der Waals surface area contributed by atoms with Crippen LogP contribution in [0.15, 0.2) is 28.5 Å². The third-order valence-corrected chi connectivity index (χ3v) is 8.53. The Kier molecular flexibility index (Phi) is 8.48. The summed E-state index contributed by atoms with van der Waals surface area (Å²) >= 11 is 0. The molecule has 0 aromatic carbocycles. The van der Waals surface area contributed by atoms with Crippen molar-refractivity contribution < 1.29 is 24.6 Å². The van der Waals surface area contributed by atoms with E-state index >= 15 is 0 Å². The second kappa shape index (κ2) is 11.4. The molecule has 0 unspecified atom stereocenters.